The number of hydrogen-bond donors (Lipinski definition) is 0. The Hall–Kier alpha value is -2.08. The summed E-state index contributed by atoms with van der Waals surface area (Å²) in [5.41, 5.74) is 2.73. The predicted molar refractivity (Wildman–Crippen MR) is 60.6 cm³/mol. The maximum Gasteiger partial charge on any atom is 0.144 e. The summed E-state index contributed by atoms with van der Waals surface area (Å²) >= 11 is 0. The molecule has 0 aliphatic rings. The highest BCUT2D eigenvalue weighted by atomic mass is 16.5. The first-order valence-electron chi connectivity index (χ1n) is 5.29. The fraction of sp³-hybridized carbons (Fsp3) is 0.231. The summed E-state index contributed by atoms with van der Waals surface area (Å²) in [6, 6.07) is 9.55. The topological polar surface area (TPSA) is 49.8 Å². The molecule has 1 aromatic heterocycles. The zero-order chi connectivity index (χ0) is 11.4. The van der Waals surface area contributed by atoms with Crippen LogP contribution in [0, 0.1) is 11.3 Å². The van der Waals surface area contributed by atoms with E-state index in [-0.39, 0.29) is 0 Å². The third kappa shape index (κ3) is 1.96. The number of rotatable bonds is 3. The Kier molecular flexibility index (Phi) is 3.02. The lowest BCUT2D eigenvalue weighted by molar-refractivity contribution is 0.383. The minimum atomic E-state index is 0.664. The van der Waals surface area contributed by atoms with Crippen molar-refractivity contribution in [1.29, 1.82) is 5.26 Å². The molecule has 0 saturated heterocycles. The van der Waals surface area contributed by atoms with E-state index in [0.717, 1.165) is 29.7 Å². The van der Waals surface area contributed by atoms with Gasteiger partial charge in [0.1, 0.15) is 5.76 Å². The van der Waals surface area contributed by atoms with Gasteiger partial charge in [-0.2, -0.15) is 5.26 Å². The smallest absolute Gasteiger partial charge is 0.144 e. The van der Waals surface area contributed by atoms with E-state index >= 15 is 0 Å². The first-order chi connectivity index (χ1) is 7.85. The highest BCUT2D eigenvalue weighted by molar-refractivity contribution is 5.65. The summed E-state index contributed by atoms with van der Waals surface area (Å²) in [6.45, 7) is 2.10. The Labute approximate surface area is 94.3 Å². The van der Waals surface area contributed by atoms with E-state index in [2.05, 4.69) is 18.1 Å². The minimum Gasteiger partial charge on any atom is -0.361 e. The molecule has 16 heavy (non-hydrogen) atoms. The molecule has 0 saturated carbocycles. The molecule has 0 bridgehead atoms. The second kappa shape index (κ2) is 4.63. The van der Waals surface area contributed by atoms with Gasteiger partial charge in [-0.05, 0) is 24.1 Å². The normalized spacial score (nSPS) is 10.0. The summed E-state index contributed by atoms with van der Waals surface area (Å²) < 4.78 is 5.20. The molecular weight excluding hydrogens is 200 g/mol. The van der Waals surface area contributed by atoms with Crippen LogP contribution in [0.25, 0.3) is 11.1 Å². The molecule has 0 amide bonds. The van der Waals surface area contributed by atoms with Crippen molar-refractivity contribution in [3.8, 4) is 17.2 Å². The SMILES string of the molecule is CCCc1oncc1-c1ccc(C#N)cc1. The van der Waals surface area contributed by atoms with E-state index < -0.39 is 0 Å². The predicted octanol–water partition coefficient (Wildman–Crippen LogP) is 3.17. The van der Waals surface area contributed by atoms with Crippen LogP contribution < -0.4 is 0 Å². The Morgan fingerprint density at radius 2 is 2.06 bits per heavy atom. The van der Waals surface area contributed by atoms with Gasteiger partial charge in [0.25, 0.3) is 0 Å². The molecule has 0 atom stereocenters. The number of hydrogen-bond acceptors (Lipinski definition) is 3. The van der Waals surface area contributed by atoms with Crippen molar-refractivity contribution >= 4 is 0 Å². The first kappa shape index (κ1) is 10.4. The van der Waals surface area contributed by atoms with Crippen molar-refractivity contribution in [2.75, 3.05) is 0 Å². The summed E-state index contributed by atoms with van der Waals surface area (Å²) in [5, 5.41) is 12.5. The molecule has 2 rings (SSSR count). The fourth-order valence-electron chi connectivity index (χ4n) is 1.63. The molecule has 80 valence electrons. The van der Waals surface area contributed by atoms with Gasteiger partial charge in [-0.1, -0.05) is 24.2 Å². The molecule has 0 radical (unpaired) electrons. The van der Waals surface area contributed by atoms with Gasteiger partial charge < -0.3 is 4.52 Å². The van der Waals surface area contributed by atoms with Gasteiger partial charge in [-0.3, -0.25) is 0 Å². The average molecular weight is 212 g/mol. The van der Waals surface area contributed by atoms with Crippen LogP contribution in [0.5, 0.6) is 0 Å². The van der Waals surface area contributed by atoms with E-state index in [1.54, 1.807) is 18.3 Å². The largest absolute Gasteiger partial charge is 0.361 e. The van der Waals surface area contributed by atoms with Crippen molar-refractivity contribution in [3.05, 3.63) is 41.8 Å². The van der Waals surface area contributed by atoms with Gasteiger partial charge in [0.05, 0.1) is 17.8 Å². The Bertz CT molecular complexity index is 505. The molecule has 0 spiro atoms. The molecule has 0 unspecified atom stereocenters. The van der Waals surface area contributed by atoms with Gasteiger partial charge in [-0.15, -0.1) is 0 Å². The van der Waals surface area contributed by atoms with Gasteiger partial charge in [0.15, 0.2) is 0 Å². The zero-order valence-corrected chi connectivity index (χ0v) is 9.10. The standard InChI is InChI=1S/C13H12N2O/c1-2-3-13-12(9-15-16-13)11-6-4-10(8-14)5-7-11/h4-7,9H,2-3H2,1H3. The summed E-state index contributed by atoms with van der Waals surface area (Å²) in [4.78, 5) is 0. The number of nitrogens with zero attached hydrogens (tertiary/aromatic N) is 2. The molecule has 0 N–H and O–H groups in total. The Morgan fingerprint density at radius 3 is 2.69 bits per heavy atom. The van der Waals surface area contributed by atoms with Gasteiger partial charge in [-0.25, -0.2) is 0 Å². The minimum absolute atomic E-state index is 0.664. The van der Waals surface area contributed by atoms with Crippen molar-refractivity contribution in [2.45, 2.75) is 19.8 Å². The summed E-state index contributed by atoms with van der Waals surface area (Å²) in [7, 11) is 0. The van der Waals surface area contributed by atoms with Crippen LogP contribution in [0.4, 0.5) is 0 Å². The van der Waals surface area contributed by atoms with Crippen LogP contribution in [-0.2, 0) is 6.42 Å². The molecule has 1 aromatic carbocycles. The maximum atomic E-state index is 8.72. The van der Waals surface area contributed by atoms with Crippen molar-refractivity contribution < 1.29 is 4.52 Å². The number of aromatic nitrogens is 1. The van der Waals surface area contributed by atoms with E-state index in [9.17, 15) is 0 Å². The third-order valence-corrected chi connectivity index (χ3v) is 2.45. The number of nitriles is 1. The summed E-state index contributed by atoms with van der Waals surface area (Å²) in [5.74, 6) is 0.909. The monoisotopic (exact) mass is 212 g/mol. The highest BCUT2D eigenvalue weighted by Crippen LogP contribution is 2.24. The van der Waals surface area contributed by atoms with Crippen molar-refractivity contribution in [1.82, 2.24) is 5.16 Å². The molecule has 0 aliphatic carbocycles. The van der Waals surface area contributed by atoms with E-state index in [1.165, 1.54) is 0 Å². The van der Waals surface area contributed by atoms with E-state index in [4.69, 9.17) is 9.78 Å². The first-order valence-corrected chi connectivity index (χ1v) is 5.29. The molecule has 3 nitrogen and oxygen atoms in total. The lowest BCUT2D eigenvalue weighted by atomic mass is 10.0. The molecule has 0 aliphatic heterocycles. The molecule has 3 heteroatoms. The molecule has 0 fully saturated rings. The Balaban J connectivity index is 2.35. The van der Waals surface area contributed by atoms with Crippen LogP contribution >= 0.6 is 0 Å². The average Bonchev–Trinajstić information content (AvgIpc) is 2.78. The number of benzene rings is 1. The Morgan fingerprint density at radius 1 is 1.31 bits per heavy atom. The molecule has 2 aromatic rings. The second-order valence-electron chi connectivity index (χ2n) is 3.60. The van der Waals surface area contributed by atoms with E-state index in [1.807, 2.05) is 12.1 Å². The quantitative estimate of drug-likeness (QED) is 0.785. The second-order valence-corrected chi connectivity index (χ2v) is 3.60. The van der Waals surface area contributed by atoms with Crippen molar-refractivity contribution in [2.24, 2.45) is 0 Å². The van der Waals surface area contributed by atoms with Gasteiger partial charge in [0.2, 0.25) is 0 Å². The van der Waals surface area contributed by atoms with Crippen molar-refractivity contribution in [3.63, 3.8) is 0 Å². The van der Waals surface area contributed by atoms with E-state index in [0.29, 0.717) is 5.56 Å². The van der Waals surface area contributed by atoms with Crippen LogP contribution in [0.1, 0.15) is 24.7 Å². The van der Waals surface area contributed by atoms with Crippen LogP contribution in [0.2, 0.25) is 0 Å². The third-order valence-electron chi connectivity index (χ3n) is 2.45. The molecule has 1 heterocycles. The number of aryl methyl sites for hydroxylation is 1. The van der Waals surface area contributed by atoms with Gasteiger partial charge in [0, 0.05) is 12.0 Å². The lowest BCUT2D eigenvalue weighted by Crippen LogP contribution is -1.84. The zero-order valence-electron chi connectivity index (χ0n) is 9.10. The lowest BCUT2D eigenvalue weighted by Gasteiger charge is -1.99. The van der Waals surface area contributed by atoms with Crippen LogP contribution in [0.3, 0.4) is 0 Å². The summed E-state index contributed by atoms with van der Waals surface area (Å²) in [6.07, 6.45) is 3.64. The molecular formula is C13H12N2O. The maximum absolute atomic E-state index is 8.72. The van der Waals surface area contributed by atoms with Gasteiger partial charge >= 0.3 is 0 Å². The fourth-order valence-corrected chi connectivity index (χ4v) is 1.63. The van der Waals surface area contributed by atoms with Crippen LogP contribution in [0.15, 0.2) is 35.0 Å². The highest BCUT2D eigenvalue weighted by Gasteiger charge is 2.09. The van der Waals surface area contributed by atoms with Crippen LogP contribution in [-0.4, -0.2) is 5.16 Å².